The lowest BCUT2D eigenvalue weighted by molar-refractivity contribution is -0.443. The van der Waals surface area contributed by atoms with Crippen LogP contribution >= 0.6 is 11.6 Å². The Hall–Kier alpha value is -3.45. The van der Waals surface area contributed by atoms with E-state index in [0.29, 0.717) is 95.6 Å². The molecule has 0 fully saturated rings. The van der Waals surface area contributed by atoms with Gasteiger partial charge in [-0.25, -0.2) is 0 Å². The lowest BCUT2D eigenvalue weighted by Gasteiger charge is -2.32. The van der Waals surface area contributed by atoms with E-state index >= 15 is 0 Å². The molecule has 17 heteroatoms. The van der Waals surface area contributed by atoms with E-state index in [2.05, 4.69) is 21.7 Å². The topological polar surface area (TPSA) is 181 Å². The van der Waals surface area contributed by atoms with Gasteiger partial charge in [0.15, 0.2) is 5.71 Å². The van der Waals surface area contributed by atoms with Crippen molar-refractivity contribution in [3.8, 4) is 0 Å². The largest absolute Gasteiger partial charge is 0.379 e. The average molecular weight is 990 g/mol. The highest BCUT2D eigenvalue weighted by molar-refractivity contribution is 7.86. The van der Waals surface area contributed by atoms with Gasteiger partial charge in [-0.1, -0.05) is 56.0 Å². The summed E-state index contributed by atoms with van der Waals surface area (Å²) < 4.78 is 95.9. The zero-order chi connectivity index (χ0) is 48.1. The van der Waals surface area contributed by atoms with Gasteiger partial charge in [0.1, 0.15) is 16.3 Å². The number of hydrogen-bond donors (Lipinski definition) is 3. The molecule has 14 nitrogen and oxygen atoms in total. The first-order chi connectivity index (χ1) is 32.1. The standard InChI is InChI=1S/C50H70ClN3O11S2/c1-49(2)42(53-28-14-16-38-21-23-40(66(56,57)58)45(49)47(38)53)18-8-6-9-19-43-50(3,46-41(67(59,60)61)24-22-39-17-15-29-54(43)48(39)46)25-11-7-10-20-44(55)52-27-31-63-33-35-65-37-36-64-34-32-62-30-13-5-4-12-26-51/h6,8-9,18-19,21-24H,4-5,7,10-17,20,25-37H2,1-3H3,(H2-,52,55,56,57,58,59,60,61)/p+1. The maximum atomic E-state index is 12.9. The summed E-state index contributed by atoms with van der Waals surface area (Å²) in [5, 5.41) is 2.92. The van der Waals surface area contributed by atoms with Crippen molar-refractivity contribution in [3.05, 3.63) is 82.6 Å². The van der Waals surface area contributed by atoms with Gasteiger partial charge in [-0.3, -0.25) is 13.9 Å². The molecule has 4 aliphatic rings. The predicted octanol–water partition coefficient (Wildman–Crippen LogP) is 8.16. The molecule has 67 heavy (non-hydrogen) atoms. The number of aryl methyl sites for hydroxylation is 2. The van der Waals surface area contributed by atoms with Crippen LogP contribution < -0.4 is 10.2 Å². The van der Waals surface area contributed by atoms with E-state index in [-0.39, 0.29) is 15.7 Å². The highest BCUT2D eigenvalue weighted by Crippen LogP contribution is 2.56. The summed E-state index contributed by atoms with van der Waals surface area (Å²) in [6.07, 6.45) is 20.7. The third kappa shape index (κ3) is 13.3. The molecule has 0 radical (unpaired) electrons. The van der Waals surface area contributed by atoms with E-state index in [9.17, 15) is 30.7 Å². The first-order valence-corrected chi connectivity index (χ1v) is 27.4. The van der Waals surface area contributed by atoms with Crippen LogP contribution in [-0.2, 0) is 67.6 Å². The Morgan fingerprint density at radius 2 is 1.36 bits per heavy atom. The van der Waals surface area contributed by atoms with Crippen molar-refractivity contribution in [2.45, 2.75) is 125 Å². The molecular formula is C50H71ClN3O11S2+. The normalized spacial score (nSPS) is 19.3. The van der Waals surface area contributed by atoms with E-state index in [0.717, 1.165) is 111 Å². The number of allylic oxidation sites excluding steroid dienone is 6. The van der Waals surface area contributed by atoms with Crippen molar-refractivity contribution < 1.29 is 54.3 Å². The summed E-state index contributed by atoms with van der Waals surface area (Å²) in [5.74, 6) is 0.662. The Morgan fingerprint density at radius 3 is 2.04 bits per heavy atom. The second kappa shape index (κ2) is 24.4. The van der Waals surface area contributed by atoms with Gasteiger partial charge in [0.2, 0.25) is 11.6 Å². The molecule has 2 aromatic rings. The number of halogens is 1. The highest BCUT2D eigenvalue weighted by atomic mass is 35.5. The smallest absolute Gasteiger partial charge is 0.295 e. The number of carbonyl (C=O) groups is 1. The van der Waals surface area contributed by atoms with Crippen LogP contribution in [0.1, 0.15) is 114 Å². The van der Waals surface area contributed by atoms with Crippen LogP contribution in [0.4, 0.5) is 11.4 Å². The van der Waals surface area contributed by atoms with Gasteiger partial charge >= 0.3 is 0 Å². The third-order valence-electron chi connectivity index (χ3n) is 13.3. The van der Waals surface area contributed by atoms with Gasteiger partial charge in [0.05, 0.1) is 57.2 Å². The van der Waals surface area contributed by atoms with Gasteiger partial charge in [0, 0.05) is 72.4 Å². The van der Waals surface area contributed by atoms with Crippen LogP contribution in [0, 0.1) is 0 Å². The number of anilines is 1. The van der Waals surface area contributed by atoms with E-state index in [4.69, 9.17) is 30.5 Å². The van der Waals surface area contributed by atoms with Crippen LogP contribution in [0.3, 0.4) is 0 Å². The summed E-state index contributed by atoms with van der Waals surface area (Å²) in [7, 11) is -8.98. The quantitative estimate of drug-likeness (QED) is 0.0234. The van der Waals surface area contributed by atoms with Crippen molar-refractivity contribution in [1.82, 2.24) is 5.32 Å². The Labute approximate surface area is 403 Å². The number of unbranched alkanes of at least 4 members (excludes halogenated alkanes) is 5. The summed E-state index contributed by atoms with van der Waals surface area (Å²) in [5.41, 5.74) is 5.53. The number of ether oxygens (including phenoxy) is 4. The minimum Gasteiger partial charge on any atom is -0.379 e. The summed E-state index contributed by atoms with van der Waals surface area (Å²) in [4.78, 5) is 14.7. The molecular weight excluding hydrogens is 918 g/mol. The van der Waals surface area contributed by atoms with Crippen LogP contribution in [0.15, 0.2) is 70.1 Å². The monoisotopic (exact) mass is 988 g/mol. The fraction of sp³-hybridized carbons (Fsp3) is 0.600. The average Bonchev–Trinajstić information content (AvgIpc) is 3.66. The van der Waals surface area contributed by atoms with Crippen LogP contribution in [0.25, 0.3) is 0 Å². The van der Waals surface area contributed by atoms with Crippen molar-refractivity contribution in [2.75, 3.05) is 83.3 Å². The molecule has 0 saturated carbocycles. The molecule has 0 aromatic heterocycles. The van der Waals surface area contributed by atoms with Gasteiger partial charge in [0.25, 0.3) is 20.2 Å². The maximum absolute atomic E-state index is 12.9. The molecule has 4 heterocycles. The molecule has 370 valence electrons. The van der Waals surface area contributed by atoms with Crippen molar-refractivity contribution in [2.24, 2.45) is 0 Å². The molecule has 2 aromatic carbocycles. The SMILES string of the molecule is CC1(C)C(C=CC=CC=C2N3CCCc4ccc(S(=O)(=O)O)c(c43)C2(C)CCCCCC(=O)NCCOCCOCCOCCOCCCCCCCl)=[N+]2CCCc3ccc(S(=O)(=O)O)c1c32. The van der Waals surface area contributed by atoms with Crippen LogP contribution in [-0.4, -0.2) is 121 Å². The fourth-order valence-corrected chi connectivity index (χ4v) is 12.0. The lowest BCUT2D eigenvalue weighted by atomic mass is 9.76. The van der Waals surface area contributed by atoms with Crippen LogP contribution in [0.5, 0.6) is 0 Å². The molecule has 1 atom stereocenters. The van der Waals surface area contributed by atoms with Crippen LogP contribution in [0.2, 0.25) is 0 Å². The first-order valence-electron chi connectivity index (χ1n) is 24.0. The maximum Gasteiger partial charge on any atom is 0.295 e. The first kappa shape index (κ1) is 52.9. The predicted molar refractivity (Wildman–Crippen MR) is 262 cm³/mol. The molecule has 0 aliphatic carbocycles. The fourth-order valence-electron chi connectivity index (χ4n) is 10.2. The van der Waals surface area contributed by atoms with E-state index < -0.39 is 31.1 Å². The summed E-state index contributed by atoms with van der Waals surface area (Å²) >= 11 is 5.69. The number of carbonyl (C=O) groups excluding carboxylic acids is 1. The Balaban J connectivity index is 0.991. The Morgan fingerprint density at radius 1 is 0.746 bits per heavy atom. The minimum atomic E-state index is -4.54. The number of benzene rings is 2. The van der Waals surface area contributed by atoms with Crippen molar-refractivity contribution in [1.29, 1.82) is 0 Å². The zero-order valence-electron chi connectivity index (χ0n) is 39.5. The number of amides is 1. The summed E-state index contributed by atoms with van der Waals surface area (Å²) in [6, 6.07) is 6.68. The lowest BCUT2D eigenvalue weighted by Crippen LogP contribution is -2.31. The van der Waals surface area contributed by atoms with Gasteiger partial charge < -0.3 is 29.2 Å². The Bertz CT molecular complexity index is 2400. The highest BCUT2D eigenvalue weighted by Gasteiger charge is 2.50. The second-order valence-electron chi connectivity index (χ2n) is 18.5. The second-order valence-corrected chi connectivity index (χ2v) is 21.6. The number of rotatable bonds is 29. The molecule has 0 bridgehead atoms. The van der Waals surface area contributed by atoms with E-state index in [1.54, 1.807) is 6.07 Å². The van der Waals surface area contributed by atoms with E-state index in [1.807, 2.05) is 50.3 Å². The van der Waals surface area contributed by atoms with Gasteiger partial charge in [-0.2, -0.15) is 21.4 Å². The molecule has 3 N–H and O–H groups in total. The molecule has 0 spiro atoms. The minimum absolute atomic E-state index is 0.0542. The number of nitrogens with one attached hydrogen (secondary N) is 1. The molecule has 0 saturated heterocycles. The number of nitrogens with zero attached hydrogens (tertiary/aromatic N) is 2. The third-order valence-corrected chi connectivity index (χ3v) is 15.4. The zero-order valence-corrected chi connectivity index (χ0v) is 41.9. The van der Waals surface area contributed by atoms with Crippen molar-refractivity contribution in [3.63, 3.8) is 0 Å². The summed E-state index contributed by atoms with van der Waals surface area (Å²) in [6.45, 7) is 11.9. The Kier molecular flexibility index (Phi) is 19.3. The van der Waals surface area contributed by atoms with Gasteiger partial charge in [-0.15, -0.1) is 11.6 Å². The van der Waals surface area contributed by atoms with Crippen molar-refractivity contribution >= 4 is 54.8 Å². The number of alkyl halides is 1. The number of hydrogen-bond acceptors (Lipinski definition) is 10. The molecule has 4 aliphatic heterocycles. The molecule has 1 amide bonds. The molecule has 1 unspecified atom stereocenters. The molecule has 6 rings (SSSR count). The van der Waals surface area contributed by atoms with Gasteiger partial charge in [-0.05, 0) is 89.5 Å². The van der Waals surface area contributed by atoms with E-state index in [1.165, 1.54) is 12.1 Å².